The van der Waals surface area contributed by atoms with E-state index in [4.69, 9.17) is 15.6 Å². The van der Waals surface area contributed by atoms with Gasteiger partial charge in [-0.05, 0) is 59.7 Å². The molecule has 3 aromatic heterocycles. The van der Waals surface area contributed by atoms with E-state index in [1.165, 1.54) is 6.33 Å². The van der Waals surface area contributed by atoms with Crippen molar-refractivity contribution in [1.29, 1.82) is 0 Å². The van der Waals surface area contributed by atoms with Gasteiger partial charge in [0, 0.05) is 11.4 Å². The van der Waals surface area contributed by atoms with E-state index in [-0.39, 0.29) is 6.04 Å². The Morgan fingerprint density at radius 3 is 2.57 bits per heavy atom. The van der Waals surface area contributed by atoms with Gasteiger partial charge in [-0.1, -0.05) is 11.6 Å². The minimum atomic E-state index is -0.642. The van der Waals surface area contributed by atoms with Crippen LogP contribution in [0.4, 0.5) is 10.6 Å². The summed E-state index contributed by atoms with van der Waals surface area (Å²) in [6.07, 6.45) is 0.952. The Morgan fingerprint density at radius 1 is 1.17 bits per heavy atom. The first kappa shape index (κ1) is 19.9. The standard InChI is InChI=1S/C22H26N6O2/c1-12(2)28-20-17(19(23)24-11-25-20)18(26-28)16-10-14-9-13(3)7-8-15(14)27(16)21(29)30-22(4,5)6/h7-12H,1-6H3,(H2,23,24,25). The lowest BCUT2D eigenvalue weighted by Gasteiger charge is -2.20. The molecule has 0 spiro atoms. The number of nitrogens with two attached hydrogens (primary N) is 1. The average molecular weight is 406 g/mol. The third-order valence-corrected chi connectivity index (χ3v) is 4.78. The smallest absolute Gasteiger partial charge is 0.419 e. The fourth-order valence-corrected chi connectivity index (χ4v) is 3.55. The molecule has 0 atom stereocenters. The van der Waals surface area contributed by atoms with Crippen molar-refractivity contribution in [3.8, 4) is 11.4 Å². The summed E-state index contributed by atoms with van der Waals surface area (Å²) < 4.78 is 9.06. The van der Waals surface area contributed by atoms with Crippen LogP contribution in [0.1, 0.15) is 46.2 Å². The monoisotopic (exact) mass is 406 g/mol. The molecular weight excluding hydrogens is 380 g/mol. The van der Waals surface area contributed by atoms with E-state index in [9.17, 15) is 4.79 Å². The van der Waals surface area contributed by atoms with Gasteiger partial charge in [0.1, 0.15) is 23.4 Å². The molecule has 0 saturated heterocycles. The summed E-state index contributed by atoms with van der Waals surface area (Å²) in [5.74, 6) is 0.319. The summed E-state index contributed by atoms with van der Waals surface area (Å²) in [4.78, 5) is 21.8. The molecular formula is C22H26N6O2. The second-order valence-electron chi connectivity index (χ2n) is 8.75. The third kappa shape index (κ3) is 3.28. The normalized spacial score (nSPS) is 12.2. The lowest BCUT2D eigenvalue weighted by molar-refractivity contribution is 0.0547. The number of ether oxygens (including phenoxy) is 1. The van der Waals surface area contributed by atoms with Gasteiger partial charge < -0.3 is 10.5 Å². The van der Waals surface area contributed by atoms with Gasteiger partial charge in [-0.2, -0.15) is 5.10 Å². The van der Waals surface area contributed by atoms with Crippen LogP contribution in [0.15, 0.2) is 30.6 Å². The van der Waals surface area contributed by atoms with Crippen LogP contribution in [0.5, 0.6) is 0 Å². The van der Waals surface area contributed by atoms with Gasteiger partial charge in [-0.3, -0.25) is 0 Å². The van der Waals surface area contributed by atoms with Gasteiger partial charge in [0.15, 0.2) is 5.65 Å². The molecule has 30 heavy (non-hydrogen) atoms. The highest BCUT2D eigenvalue weighted by Gasteiger charge is 2.27. The van der Waals surface area contributed by atoms with Crippen LogP contribution in [0, 0.1) is 6.92 Å². The molecule has 0 aliphatic carbocycles. The number of hydrogen-bond donors (Lipinski definition) is 1. The van der Waals surface area contributed by atoms with Crippen LogP contribution in [0.3, 0.4) is 0 Å². The SMILES string of the molecule is Cc1ccc2c(c1)cc(-c1nn(C(C)C)c3ncnc(N)c13)n2C(=O)OC(C)(C)C. The predicted octanol–water partition coefficient (Wildman–Crippen LogP) is 4.70. The van der Waals surface area contributed by atoms with Crippen LogP contribution >= 0.6 is 0 Å². The van der Waals surface area contributed by atoms with E-state index < -0.39 is 11.7 Å². The highest BCUT2D eigenvalue weighted by atomic mass is 16.6. The number of hydrogen-bond acceptors (Lipinski definition) is 6. The molecule has 2 N–H and O–H groups in total. The first-order chi connectivity index (χ1) is 14.1. The Balaban J connectivity index is 2.07. The molecule has 0 fully saturated rings. The maximum atomic E-state index is 13.2. The molecule has 156 valence electrons. The fraction of sp³-hybridized carbons (Fsp3) is 0.364. The number of benzene rings is 1. The van der Waals surface area contributed by atoms with Crippen LogP contribution in [0.25, 0.3) is 33.3 Å². The lowest BCUT2D eigenvalue weighted by atomic mass is 10.1. The zero-order chi connectivity index (χ0) is 21.8. The number of nitrogens with zero attached hydrogens (tertiary/aromatic N) is 5. The molecule has 0 aliphatic rings. The van der Waals surface area contributed by atoms with Gasteiger partial charge in [0.2, 0.25) is 0 Å². The molecule has 8 nitrogen and oxygen atoms in total. The first-order valence-electron chi connectivity index (χ1n) is 9.91. The Morgan fingerprint density at radius 2 is 1.90 bits per heavy atom. The Bertz CT molecular complexity index is 1280. The largest absolute Gasteiger partial charge is 0.443 e. The van der Waals surface area contributed by atoms with E-state index in [2.05, 4.69) is 9.97 Å². The molecule has 8 heteroatoms. The first-order valence-corrected chi connectivity index (χ1v) is 9.91. The lowest BCUT2D eigenvalue weighted by Crippen LogP contribution is -2.27. The van der Waals surface area contributed by atoms with Crippen molar-refractivity contribution < 1.29 is 9.53 Å². The van der Waals surface area contributed by atoms with Crippen molar-refractivity contribution in [3.05, 3.63) is 36.2 Å². The van der Waals surface area contributed by atoms with Crippen LogP contribution in [0.2, 0.25) is 0 Å². The van der Waals surface area contributed by atoms with Gasteiger partial charge >= 0.3 is 6.09 Å². The Labute approximate surface area is 174 Å². The number of aromatic nitrogens is 5. The zero-order valence-electron chi connectivity index (χ0n) is 18.1. The molecule has 4 rings (SSSR count). The third-order valence-electron chi connectivity index (χ3n) is 4.78. The highest BCUT2D eigenvalue weighted by Crippen LogP contribution is 2.35. The maximum Gasteiger partial charge on any atom is 0.419 e. The van der Waals surface area contributed by atoms with Crippen molar-refractivity contribution in [3.63, 3.8) is 0 Å². The quantitative estimate of drug-likeness (QED) is 0.518. The summed E-state index contributed by atoms with van der Waals surface area (Å²) in [6, 6.07) is 7.90. The van der Waals surface area contributed by atoms with Crippen molar-refractivity contribution in [2.75, 3.05) is 5.73 Å². The summed E-state index contributed by atoms with van der Waals surface area (Å²) in [5.41, 5.74) is 9.19. The summed E-state index contributed by atoms with van der Waals surface area (Å²) in [6.45, 7) is 11.6. The molecule has 0 saturated carbocycles. The van der Waals surface area contributed by atoms with E-state index in [0.29, 0.717) is 28.2 Å². The van der Waals surface area contributed by atoms with Crippen molar-refractivity contribution in [1.82, 2.24) is 24.3 Å². The Hall–Kier alpha value is -3.42. The van der Waals surface area contributed by atoms with Gasteiger partial charge in [-0.25, -0.2) is 24.0 Å². The number of carbonyl (C=O) groups is 1. The minimum Gasteiger partial charge on any atom is -0.443 e. The van der Waals surface area contributed by atoms with Crippen LogP contribution in [-0.2, 0) is 4.74 Å². The number of rotatable bonds is 2. The fourth-order valence-electron chi connectivity index (χ4n) is 3.55. The molecule has 1 aromatic carbocycles. The van der Waals surface area contributed by atoms with E-state index in [1.54, 1.807) is 9.25 Å². The number of fused-ring (bicyclic) bond motifs is 2. The molecule has 4 aromatic rings. The zero-order valence-corrected chi connectivity index (χ0v) is 18.1. The number of aryl methyl sites for hydroxylation is 1. The molecule has 0 bridgehead atoms. The highest BCUT2D eigenvalue weighted by molar-refractivity contribution is 6.03. The van der Waals surface area contributed by atoms with E-state index in [1.807, 2.05) is 65.8 Å². The van der Waals surface area contributed by atoms with Crippen molar-refractivity contribution in [2.45, 2.75) is 53.2 Å². The number of anilines is 1. The van der Waals surface area contributed by atoms with E-state index >= 15 is 0 Å². The van der Waals surface area contributed by atoms with Gasteiger partial charge in [0.25, 0.3) is 0 Å². The Kier molecular flexibility index (Phi) is 4.52. The molecule has 0 aliphatic heterocycles. The average Bonchev–Trinajstić information content (AvgIpc) is 3.19. The maximum absolute atomic E-state index is 13.2. The number of nitrogen functional groups attached to an aromatic ring is 1. The topological polar surface area (TPSA) is 101 Å². The van der Waals surface area contributed by atoms with Crippen LogP contribution in [-0.4, -0.2) is 36.0 Å². The molecule has 3 heterocycles. The minimum absolute atomic E-state index is 0.0529. The second kappa shape index (κ2) is 6.83. The van der Waals surface area contributed by atoms with E-state index in [0.717, 1.165) is 16.5 Å². The molecule has 0 radical (unpaired) electrons. The van der Waals surface area contributed by atoms with Crippen LogP contribution < -0.4 is 5.73 Å². The molecule has 0 amide bonds. The number of carbonyl (C=O) groups excluding carboxylic acids is 1. The van der Waals surface area contributed by atoms with Gasteiger partial charge in [-0.15, -0.1) is 0 Å². The summed E-state index contributed by atoms with van der Waals surface area (Å²) in [7, 11) is 0. The van der Waals surface area contributed by atoms with Crippen molar-refractivity contribution >= 4 is 33.8 Å². The molecule has 0 unspecified atom stereocenters. The summed E-state index contributed by atoms with van der Waals surface area (Å²) >= 11 is 0. The summed E-state index contributed by atoms with van der Waals surface area (Å²) in [5, 5.41) is 6.32. The predicted molar refractivity (Wildman–Crippen MR) is 117 cm³/mol. The second-order valence-corrected chi connectivity index (χ2v) is 8.75. The van der Waals surface area contributed by atoms with Crippen molar-refractivity contribution in [2.24, 2.45) is 0 Å². The van der Waals surface area contributed by atoms with Gasteiger partial charge in [0.05, 0.1) is 16.6 Å².